The molecule has 2 aromatic carbocycles. The van der Waals surface area contributed by atoms with Gasteiger partial charge in [0.15, 0.2) is 5.54 Å². The summed E-state index contributed by atoms with van der Waals surface area (Å²) in [5, 5.41) is 14.9. The summed E-state index contributed by atoms with van der Waals surface area (Å²) in [5.74, 6) is -2.46. The molecule has 0 aromatic heterocycles. The molecule has 140 valence electrons. The Labute approximate surface area is 155 Å². The molecule has 3 rings (SSSR count). The standard InChI is InChI=1S/C20H19FN2O4/c1-20(19(26)27,14-7-9-15(21)10-8-14)23-18(25)13-3-2-4-16(11-13)22-17(24)12-5-6-12/h2-4,7-12H,5-6H2,1H3,(H,22,24)(H,23,25)(H,26,27). The molecule has 27 heavy (non-hydrogen) atoms. The summed E-state index contributed by atoms with van der Waals surface area (Å²) >= 11 is 0. The van der Waals surface area contributed by atoms with E-state index in [4.69, 9.17) is 0 Å². The van der Waals surface area contributed by atoms with Crippen molar-refractivity contribution >= 4 is 23.5 Å². The Morgan fingerprint density at radius 3 is 2.37 bits per heavy atom. The summed E-state index contributed by atoms with van der Waals surface area (Å²) in [6.45, 7) is 1.33. The third-order valence-electron chi connectivity index (χ3n) is 4.55. The van der Waals surface area contributed by atoms with E-state index in [2.05, 4.69) is 10.6 Å². The fourth-order valence-electron chi connectivity index (χ4n) is 2.66. The minimum atomic E-state index is -1.74. The van der Waals surface area contributed by atoms with Crippen LogP contribution >= 0.6 is 0 Å². The van der Waals surface area contributed by atoms with E-state index in [9.17, 15) is 23.9 Å². The van der Waals surface area contributed by atoms with Crippen LogP contribution in [0.2, 0.25) is 0 Å². The van der Waals surface area contributed by atoms with Crippen molar-refractivity contribution in [1.29, 1.82) is 0 Å². The van der Waals surface area contributed by atoms with E-state index in [-0.39, 0.29) is 23.0 Å². The molecule has 1 atom stereocenters. The smallest absolute Gasteiger partial charge is 0.333 e. The van der Waals surface area contributed by atoms with E-state index in [1.54, 1.807) is 12.1 Å². The molecule has 0 bridgehead atoms. The first-order chi connectivity index (χ1) is 12.8. The van der Waals surface area contributed by atoms with Crippen molar-refractivity contribution in [2.75, 3.05) is 5.32 Å². The van der Waals surface area contributed by atoms with Gasteiger partial charge in [-0.05, 0) is 55.7 Å². The average molecular weight is 370 g/mol. The Morgan fingerprint density at radius 1 is 1.11 bits per heavy atom. The molecule has 1 unspecified atom stereocenters. The quantitative estimate of drug-likeness (QED) is 0.729. The molecule has 0 spiro atoms. The zero-order chi connectivity index (χ0) is 19.6. The van der Waals surface area contributed by atoms with Crippen molar-refractivity contribution in [1.82, 2.24) is 5.32 Å². The fourth-order valence-corrected chi connectivity index (χ4v) is 2.66. The molecule has 1 aliphatic rings. The average Bonchev–Trinajstić information content (AvgIpc) is 3.47. The predicted molar refractivity (Wildman–Crippen MR) is 96.6 cm³/mol. The van der Waals surface area contributed by atoms with Crippen LogP contribution in [-0.2, 0) is 15.1 Å². The van der Waals surface area contributed by atoms with Crippen LogP contribution in [0.25, 0.3) is 0 Å². The van der Waals surface area contributed by atoms with Crippen molar-refractivity contribution in [3.8, 4) is 0 Å². The van der Waals surface area contributed by atoms with Crippen LogP contribution in [0.4, 0.5) is 10.1 Å². The van der Waals surface area contributed by atoms with Crippen LogP contribution in [0.5, 0.6) is 0 Å². The summed E-state index contributed by atoms with van der Waals surface area (Å²) in [7, 11) is 0. The van der Waals surface area contributed by atoms with Gasteiger partial charge >= 0.3 is 5.97 Å². The summed E-state index contributed by atoms with van der Waals surface area (Å²) in [6.07, 6.45) is 1.72. The molecular weight excluding hydrogens is 351 g/mol. The number of nitrogens with one attached hydrogen (secondary N) is 2. The minimum Gasteiger partial charge on any atom is -0.479 e. The highest BCUT2D eigenvalue weighted by Gasteiger charge is 2.37. The number of rotatable bonds is 6. The van der Waals surface area contributed by atoms with Crippen molar-refractivity contribution < 1.29 is 23.9 Å². The van der Waals surface area contributed by atoms with Crippen LogP contribution in [0.15, 0.2) is 48.5 Å². The molecule has 1 saturated carbocycles. The lowest BCUT2D eigenvalue weighted by Crippen LogP contribution is -2.49. The molecule has 1 fully saturated rings. The van der Waals surface area contributed by atoms with Crippen LogP contribution in [0, 0.1) is 11.7 Å². The van der Waals surface area contributed by atoms with Gasteiger partial charge in [-0.3, -0.25) is 9.59 Å². The maximum atomic E-state index is 13.1. The van der Waals surface area contributed by atoms with E-state index >= 15 is 0 Å². The molecule has 6 nitrogen and oxygen atoms in total. The number of carboxylic acids is 1. The monoisotopic (exact) mass is 370 g/mol. The van der Waals surface area contributed by atoms with E-state index in [0.29, 0.717) is 5.69 Å². The molecule has 7 heteroatoms. The van der Waals surface area contributed by atoms with E-state index in [0.717, 1.165) is 25.0 Å². The first kappa shape index (κ1) is 18.6. The van der Waals surface area contributed by atoms with Crippen molar-refractivity contribution in [3.63, 3.8) is 0 Å². The second-order valence-electron chi connectivity index (χ2n) is 6.74. The number of anilines is 1. The topological polar surface area (TPSA) is 95.5 Å². The van der Waals surface area contributed by atoms with Crippen LogP contribution < -0.4 is 10.6 Å². The van der Waals surface area contributed by atoms with Gasteiger partial charge in [0.25, 0.3) is 5.91 Å². The molecule has 0 saturated heterocycles. The Hall–Kier alpha value is -3.22. The largest absolute Gasteiger partial charge is 0.479 e. The van der Waals surface area contributed by atoms with Crippen LogP contribution in [0.3, 0.4) is 0 Å². The Balaban J connectivity index is 1.80. The fraction of sp³-hybridized carbons (Fsp3) is 0.250. The number of aliphatic carboxylic acids is 1. The van der Waals surface area contributed by atoms with Crippen molar-refractivity contribution in [2.45, 2.75) is 25.3 Å². The Morgan fingerprint density at radius 2 is 1.78 bits per heavy atom. The van der Waals surface area contributed by atoms with Gasteiger partial charge in [0.05, 0.1) is 0 Å². The molecule has 1 aliphatic carbocycles. The van der Waals surface area contributed by atoms with E-state index in [1.165, 1.54) is 31.2 Å². The number of benzene rings is 2. The van der Waals surface area contributed by atoms with Gasteiger partial charge in [-0.2, -0.15) is 0 Å². The second kappa shape index (κ2) is 7.19. The van der Waals surface area contributed by atoms with Crippen LogP contribution in [0.1, 0.15) is 35.7 Å². The Kier molecular flexibility index (Phi) is 4.94. The highest BCUT2D eigenvalue weighted by Crippen LogP contribution is 2.30. The summed E-state index contributed by atoms with van der Waals surface area (Å²) in [6, 6.07) is 11.2. The molecule has 0 radical (unpaired) electrons. The maximum Gasteiger partial charge on any atom is 0.333 e. The lowest BCUT2D eigenvalue weighted by Gasteiger charge is -2.27. The second-order valence-corrected chi connectivity index (χ2v) is 6.74. The minimum absolute atomic E-state index is 0.0243. The van der Waals surface area contributed by atoms with Gasteiger partial charge in [0.1, 0.15) is 5.82 Å². The summed E-state index contributed by atoms with van der Waals surface area (Å²) < 4.78 is 13.1. The number of amides is 2. The summed E-state index contributed by atoms with van der Waals surface area (Å²) in [4.78, 5) is 36.3. The number of hydrogen-bond acceptors (Lipinski definition) is 3. The van der Waals surface area contributed by atoms with Gasteiger partial charge in [-0.15, -0.1) is 0 Å². The number of carboxylic acid groups (broad SMARTS) is 1. The molecule has 0 aliphatic heterocycles. The summed E-state index contributed by atoms with van der Waals surface area (Å²) in [5.41, 5.74) is -0.822. The number of halogens is 1. The third kappa shape index (κ3) is 4.13. The van der Waals surface area contributed by atoms with Gasteiger partial charge in [-0.1, -0.05) is 18.2 Å². The van der Waals surface area contributed by atoms with Gasteiger partial charge < -0.3 is 15.7 Å². The van der Waals surface area contributed by atoms with Crippen LogP contribution in [-0.4, -0.2) is 22.9 Å². The SMILES string of the molecule is CC(NC(=O)c1cccc(NC(=O)C2CC2)c1)(C(=O)O)c1ccc(F)cc1. The lowest BCUT2D eigenvalue weighted by atomic mass is 9.91. The molecular formula is C20H19FN2O4. The zero-order valence-electron chi connectivity index (χ0n) is 14.7. The Bertz CT molecular complexity index is 893. The zero-order valence-corrected chi connectivity index (χ0v) is 14.7. The van der Waals surface area contributed by atoms with Crippen molar-refractivity contribution in [2.24, 2.45) is 5.92 Å². The van der Waals surface area contributed by atoms with E-state index in [1.807, 2.05) is 0 Å². The number of carbonyl (C=O) groups excluding carboxylic acids is 2. The number of carbonyl (C=O) groups is 3. The molecule has 2 aromatic rings. The third-order valence-corrected chi connectivity index (χ3v) is 4.55. The first-order valence-corrected chi connectivity index (χ1v) is 8.52. The van der Waals surface area contributed by atoms with Gasteiger partial charge in [-0.25, -0.2) is 9.18 Å². The number of hydrogen-bond donors (Lipinski definition) is 3. The molecule has 2 amide bonds. The lowest BCUT2D eigenvalue weighted by molar-refractivity contribution is -0.144. The van der Waals surface area contributed by atoms with E-state index < -0.39 is 23.2 Å². The first-order valence-electron chi connectivity index (χ1n) is 8.52. The highest BCUT2D eigenvalue weighted by atomic mass is 19.1. The maximum absolute atomic E-state index is 13.1. The highest BCUT2D eigenvalue weighted by molar-refractivity contribution is 6.00. The predicted octanol–water partition coefficient (Wildman–Crippen LogP) is 2.90. The van der Waals surface area contributed by atoms with Crippen molar-refractivity contribution in [3.05, 3.63) is 65.5 Å². The molecule has 0 heterocycles. The van der Waals surface area contributed by atoms with Gasteiger partial charge in [0, 0.05) is 17.2 Å². The van der Waals surface area contributed by atoms with Gasteiger partial charge in [0.2, 0.25) is 5.91 Å². The normalized spacial score (nSPS) is 15.5. The molecule has 3 N–H and O–H groups in total.